The van der Waals surface area contributed by atoms with E-state index < -0.39 is 15.8 Å². The van der Waals surface area contributed by atoms with Gasteiger partial charge in [0.2, 0.25) is 11.8 Å². The molecule has 1 spiro atoms. The Bertz CT molecular complexity index is 1680. The predicted octanol–water partition coefficient (Wildman–Crippen LogP) is 6.13. The number of aromatic nitrogens is 2. The van der Waals surface area contributed by atoms with Gasteiger partial charge in [0.15, 0.2) is 5.79 Å². The zero-order valence-electron chi connectivity index (χ0n) is 27.3. The van der Waals surface area contributed by atoms with Gasteiger partial charge < -0.3 is 19.1 Å². The summed E-state index contributed by atoms with van der Waals surface area (Å²) < 4.78 is 48.2. The second-order valence-electron chi connectivity index (χ2n) is 14.1. The predicted molar refractivity (Wildman–Crippen MR) is 175 cm³/mol. The largest absolute Gasteiger partial charge is 0.475 e. The molecule has 1 amide bonds. The molecule has 3 aromatic rings. The van der Waals surface area contributed by atoms with E-state index in [0.717, 1.165) is 42.4 Å². The van der Waals surface area contributed by atoms with Crippen molar-refractivity contribution in [1.82, 2.24) is 14.9 Å². The van der Waals surface area contributed by atoms with Crippen molar-refractivity contribution in [3.8, 4) is 17.1 Å². The van der Waals surface area contributed by atoms with Crippen LogP contribution in [0.3, 0.4) is 0 Å². The van der Waals surface area contributed by atoms with Crippen molar-refractivity contribution >= 4 is 21.9 Å². The zero-order valence-corrected chi connectivity index (χ0v) is 28.2. The van der Waals surface area contributed by atoms with Crippen LogP contribution in [-0.4, -0.2) is 67.4 Å². The van der Waals surface area contributed by atoms with Crippen molar-refractivity contribution in [2.45, 2.75) is 83.4 Å². The van der Waals surface area contributed by atoms with Crippen molar-refractivity contribution in [3.05, 3.63) is 65.2 Å². The van der Waals surface area contributed by atoms with Gasteiger partial charge in [-0.15, -0.1) is 0 Å². The number of hydrogen-bond donors (Lipinski definition) is 1. The van der Waals surface area contributed by atoms with Gasteiger partial charge in [-0.05, 0) is 73.8 Å². The second kappa shape index (κ2) is 12.6. The molecule has 2 aliphatic heterocycles. The van der Waals surface area contributed by atoms with Crippen LogP contribution in [0.15, 0.2) is 53.4 Å². The van der Waals surface area contributed by atoms with Crippen molar-refractivity contribution in [2.75, 3.05) is 31.1 Å². The fraction of sp³-hybridized carbons (Fsp3) is 0.514. The standard InChI is InChI=1S/C35H44N4O6S/c1-23-8-6-9-24(2)31(23)29-19-30-37-33(36-29)38-46(41,42)28-11-7-10-26(18-28)32(40)39(27(22-43-30)20-34(3,4)5)21-25-12-14-35(15-13-25)44-16-17-45-35/h6-11,18-19,25,27H,12-17,20-22H2,1-5H3,(H,36,37,38)/t27-/m1/s1. The number of nitrogens with one attached hydrogen (secondary N) is 1. The normalized spacial score (nSPS) is 21.5. The van der Waals surface area contributed by atoms with Crippen LogP contribution in [0.1, 0.15) is 74.4 Å². The molecule has 1 N–H and O–H groups in total. The molecule has 4 bridgehead atoms. The van der Waals surface area contributed by atoms with Gasteiger partial charge in [-0.3, -0.25) is 4.79 Å². The molecule has 3 aliphatic rings. The molecular formula is C35H44N4O6S. The maximum Gasteiger partial charge on any atom is 0.264 e. The summed E-state index contributed by atoms with van der Waals surface area (Å²) in [6.45, 7) is 12.3. The first-order chi connectivity index (χ1) is 21.8. The molecule has 0 unspecified atom stereocenters. The average Bonchev–Trinajstić information content (AvgIpc) is 3.45. The van der Waals surface area contributed by atoms with Crippen molar-refractivity contribution in [2.24, 2.45) is 11.3 Å². The number of carbonyl (C=O) groups excluding carboxylic acids is 1. The fourth-order valence-corrected chi connectivity index (χ4v) is 7.93. The Balaban J connectivity index is 1.42. The monoisotopic (exact) mass is 648 g/mol. The van der Waals surface area contributed by atoms with E-state index in [1.807, 2.05) is 36.9 Å². The van der Waals surface area contributed by atoms with E-state index in [9.17, 15) is 13.2 Å². The molecule has 1 saturated carbocycles. The maximum absolute atomic E-state index is 14.4. The Hall–Kier alpha value is -3.54. The Morgan fingerprint density at radius 1 is 0.978 bits per heavy atom. The van der Waals surface area contributed by atoms with Gasteiger partial charge in [0.05, 0.1) is 29.8 Å². The fourth-order valence-electron chi connectivity index (χ4n) is 6.94. The van der Waals surface area contributed by atoms with Crippen LogP contribution >= 0.6 is 0 Å². The Kier molecular flexibility index (Phi) is 8.86. The van der Waals surface area contributed by atoms with Crippen molar-refractivity contribution in [1.29, 1.82) is 0 Å². The maximum atomic E-state index is 14.4. The van der Waals surface area contributed by atoms with Gasteiger partial charge in [-0.1, -0.05) is 45.0 Å². The van der Waals surface area contributed by atoms with Crippen LogP contribution in [0.25, 0.3) is 11.3 Å². The molecule has 1 atom stereocenters. The number of fused-ring (bicyclic) bond motifs is 4. The molecule has 1 aliphatic carbocycles. The van der Waals surface area contributed by atoms with Gasteiger partial charge in [0.25, 0.3) is 15.9 Å². The molecule has 10 nitrogen and oxygen atoms in total. The van der Waals surface area contributed by atoms with Gasteiger partial charge >= 0.3 is 0 Å². The lowest BCUT2D eigenvalue weighted by molar-refractivity contribution is -0.183. The summed E-state index contributed by atoms with van der Waals surface area (Å²) in [4.78, 5) is 25.4. The van der Waals surface area contributed by atoms with E-state index >= 15 is 0 Å². The third kappa shape index (κ3) is 7.06. The van der Waals surface area contributed by atoms with Gasteiger partial charge in [-0.25, -0.2) is 18.1 Å². The van der Waals surface area contributed by atoms with Crippen LogP contribution in [0, 0.1) is 25.2 Å². The highest BCUT2D eigenvalue weighted by atomic mass is 32.2. The lowest BCUT2D eigenvalue weighted by Crippen LogP contribution is -2.49. The smallest absolute Gasteiger partial charge is 0.264 e. The van der Waals surface area contributed by atoms with E-state index in [0.29, 0.717) is 37.4 Å². The van der Waals surface area contributed by atoms with Crippen molar-refractivity contribution < 1.29 is 27.4 Å². The van der Waals surface area contributed by atoms with Crippen molar-refractivity contribution in [3.63, 3.8) is 0 Å². The summed E-state index contributed by atoms with van der Waals surface area (Å²) in [5, 5.41) is 0. The summed E-state index contributed by atoms with van der Waals surface area (Å²) >= 11 is 0. The number of aryl methyl sites for hydroxylation is 2. The van der Waals surface area contributed by atoms with Crippen LogP contribution in [0.5, 0.6) is 5.88 Å². The summed E-state index contributed by atoms with van der Waals surface area (Å²) in [6, 6.07) is 13.6. The lowest BCUT2D eigenvalue weighted by Gasteiger charge is -2.41. The van der Waals surface area contributed by atoms with E-state index in [-0.39, 0.29) is 46.6 Å². The molecule has 246 valence electrons. The number of hydrogen-bond acceptors (Lipinski definition) is 8. The minimum atomic E-state index is -4.13. The second-order valence-corrected chi connectivity index (χ2v) is 15.7. The molecule has 2 aromatic carbocycles. The van der Waals surface area contributed by atoms with E-state index in [1.165, 1.54) is 12.1 Å². The quantitative estimate of drug-likeness (QED) is 0.359. The molecule has 2 fully saturated rings. The van der Waals surface area contributed by atoms with E-state index in [2.05, 4.69) is 35.5 Å². The SMILES string of the molecule is Cc1cccc(C)c1-c1cc2nc(n1)NS(=O)(=O)c1cccc(c1)C(=O)N(CC1CCC3(CC1)OCCO3)[C@H](CC(C)(C)C)CO2. The third-order valence-corrected chi connectivity index (χ3v) is 10.5. The van der Waals surface area contributed by atoms with Crippen LogP contribution in [0.2, 0.25) is 0 Å². The summed E-state index contributed by atoms with van der Waals surface area (Å²) in [6.07, 6.45) is 3.95. The molecule has 11 heteroatoms. The summed E-state index contributed by atoms with van der Waals surface area (Å²) in [5.74, 6) is -0.352. The first kappa shape index (κ1) is 32.4. The third-order valence-electron chi connectivity index (χ3n) is 9.17. The summed E-state index contributed by atoms with van der Waals surface area (Å²) in [7, 11) is -4.13. The minimum absolute atomic E-state index is 0.0383. The number of benzene rings is 2. The number of ether oxygens (including phenoxy) is 3. The minimum Gasteiger partial charge on any atom is -0.475 e. The number of carbonyl (C=O) groups is 1. The van der Waals surface area contributed by atoms with E-state index in [4.69, 9.17) is 14.2 Å². The zero-order chi connectivity index (χ0) is 32.7. The summed E-state index contributed by atoms with van der Waals surface area (Å²) in [5.41, 5.74) is 3.60. The molecule has 3 heterocycles. The number of amides is 1. The molecule has 0 radical (unpaired) electrons. The Morgan fingerprint density at radius 3 is 2.33 bits per heavy atom. The number of anilines is 1. The number of nitrogens with zero attached hydrogens (tertiary/aromatic N) is 3. The molecule has 6 rings (SSSR count). The topological polar surface area (TPSA) is 120 Å². The molecule has 46 heavy (non-hydrogen) atoms. The van der Waals surface area contributed by atoms with Gasteiger partial charge in [0, 0.05) is 36.6 Å². The highest BCUT2D eigenvalue weighted by molar-refractivity contribution is 7.92. The first-order valence-corrected chi connectivity index (χ1v) is 17.6. The van der Waals surface area contributed by atoms with E-state index in [1.54, 1.807) is 18.2 Å². The lowest BCUT2D eigenvalue weighted by atomic mass is 9.83. The Labute approximate surface area is 271 Å². The molecular weight excluding hydrogens is 604 g/mol. The average molecular weight is 649 g/mol. The van der Waals surface area contributed by atoms with Crippen LogP contribution < -0.4 is 9.46 Å². The first-order valence-electron chi connectivity index (χ1n) is 16.1. The van der Waals surface area contributed by atoms with Gasteiger partial charge in [0.1, 0.15) is 6.61 Å². The Morgan fingerprint density at radius 2 is 1.65 bits per heavy atom. The highest BCUT2D eigenvalue weighted by Gasteiger charge is 2.42. The molecule has 1 saturated heterocycles. The highest BCUT2D eigenvalue weighted by Crippen LogP contribution is 2.39. The molecule has 1 aromatic heterocycles. The van der Waals surface area contributed by atoms with Gasteiger partial charge in [-0.2, -0.15) is 4.98 Å². The number of rotatable bonds is 4. The number of sulfonamides is 1. The van der Waals surface area contributed by atoms with Crippen LogP contribution in [-0.2, 0) is 19.5 Å². The van der Waals surface area contributed by atoms with Crippen LogP contribution in [0.4, 0.5) is 5.95 Å².